The predicted molar refractivity (Wildman–Crippen MR) is 76.1 cm³/mol. The number of aryl methyl sites for hydroxylation is 1. The second-order valence-corrected chi connectivity index (χ2v) is 6.62. The lowest BCUT2D eigenvalue weighted by molar-refractivity contribution is 0.0270. The zero-order valence-electron chi connectivity index (χ0n) is 12.2. The van der Waals surface area contributed by atoms with Crippen LogP contribution in [0.4, 0.5) is 0 Å². The average Bonchev–Trinajstić information content (AvgIpc) is 2.77. The van der Waals surface area contributed by atoms with Crippen molar-refractivity contribution in [1.82, 2.24) is 14.8 Å². The minimum Gasteiger partial charge on any atom is -0.391 e. The zero-order valence-corrected chi connectivity index (χ0v) is 12.2. The molecular weight excluding hydrogens is 270 g/mol. The summed E-state index contributed by atoms with van der Waals surface area (Å²) >= 11 is 0. The predicted octanol–water partition coefficient (Wildman–Crippen LogP) is -0.220. The molecule has 1 amide bonds. The van der Waals surface area contributed by atoms with Gasteiger partial charge in [-0.1, -0.05) is 6.07 Å². The minimum atomic E-state index is -0.672. The number of fused-ring (bicyclic) bond motifs is 4. The number of aliphatic hydroxyl groups excluding tert-OH is 1. The Kier molecular flexibility index (Phi) is 2.45. The van der Waals surface area contributed by atoms with Crippen LogP contribution in [-0.2, 0) is 5.66 Å². The fraction of sp³-hybridized carbons (Fsp3) is 0.600. The van der Waals surface area contributed by atoms with Crippen molar-refractivity contribution in [3.63, 3.8) is 0 Å². The van der Waals surface area contributed by atoms with Gasteiger partial charge in [-0.3, -0.25) is 19.1 Å². The van der Waals surface area contributed by atoms with Crippen LogP contribution < -0.4 is 10.9 Å². The number of pyridine rings is 1. The van der Waals surface area contributed by atoms with E-state index in [1.165, 1.54) is 6.07 Å². The molecule has 2 saturated heterocycles. The summed E-state index contributed by atoms with van der Waals surface area (Å²) in [6.45, 7) is 1.85. The number of carbonyl (C=O) groups is 1. The number of likely N-dealkylation sites (N-methyl/N-ethyl adjacent to an activating group) is 1. The smallest absolute Gasteiger partial charge is 0.270 e. The fourth-order valence-corrected chi connectivity index (χ4v) is 4.42. The highest BCUT2D eigenvalue weighted by molar-refractivity contribution is 5.96. The molecule has 2 bridgehead atoms. The molecule has 4 heterocycles. The Hall–Kier alpha value is -1.66. The van der Waals surface area contributed by atoms with Crippen LogP contribution in [0, 0.1) is 6.92 Å². The summed E-state index contributed by atoms with van der Waals surface area (Å²) in [4.78, 5) is 26.9. The van der Waals surface area contributed by atoms with Gasteiger partial charge < -0.3 is 10.4 Å². The molecule has 4 unspecified atom stereocenters. The van der Waals surface area contributed by atoms with Crippen LogP contribution in [0.5, 0.6) is 0 Å². The lowest BCUT2D eigenvalue weighted by Gasteiger charge is -2.43. The summed E-state index contributed by atoms with van der Waals surface area (Å²) in [5.41, 5.74) is 0.471. The van der Waals surface area contributed by atoms with Gasteiger partial charge in [0.05, 0.1) is 6.10 Å². The third-order valence-electron chi connectivity index (χ3n) is 5.46. The maximum absolute atomic E-state index is 12.4. The first kappa shape index (κ1) is 13.0. The number of hydrogen-bond donors (Lipinski definition) is 2. The molecule has 3 aliphatic heterocycles. The molecule has 0 aliphatic carbocycles. The normalized spacial score (nSPS) is 37.9. The van der Waals surface area contributed by atoms with E-state index in [0.717, 1.165) is 5.56 Å². The third kappa shape index (κ3) is 1.54. The highest BCUT2D eigenvalue weighted by Crippen LogP contribution is 2.44. The first-order valence-corrected chi connectivity index (χ1v) is 7.38. The lowest BCUT2D eigenvalue weighted by Crippen LogP contribution is -2.58. The van der Waals surface area contributed by atoms with Crippen LogP contribution in [0.3, 0.4) is 0 Å². The summed E-state index contributed by atoms with van der Waals surface area (Å²) in [7, 11) is 2.01. The highest BCUT2D eigenvalue weighted by Gasteiger charge is 2.55. The van der Waals surface area contributed by atoms with Gasteiger partial charge in [0.2, 0.25) is 0 Å². The van der Waals surface area contributed by atoms with Gasteiger partial charge in [0.25, 0.3) is 11.5 Å². The van der Waals surface area contributed by atoms with Gasteiger partial charge in [0.15, 0.2) is 0 Å². The van der Waals surface area contributed by atoms with E-state index < -0.39 is 5.66 Å². The number of aromatic nitrogens is 1. The van der Waals surface area contributed by atoms with Crippen molar-refractivity contribution in [3.05, 3.63) is 33.7 Å². The molecule has 1 aromatic heterocycles. The van der Waals surface area contributed by atoms with Crippen LogP contribution in [0.1, 0.15) is 35.3 Å². The van der Waals surface area contributed by atoms with E-state index in [1.807, 2.05) is 14.0 Å². The van der Waals surface area contributed by atoms with Crippen molar-refractivity contribution < 1.29 is 9.90 Å². The molecule has 1 aromatic rings. The van der Waals surface area contributed by atoms with Gasteiger partial charge >= 0.3 is 0 Å². The lowest BCUT2D eigenvalue weighted by atomic mass is 9.90. The Bertz CT molecular complexity index is 698. The van der Waals surface area contributed by atoms with Crippen molar-refractivity contribution in [3.8, 4) is 0 Å². The van der Waals surface area contributed by atoms with E-state index in [4.69, 9.17) is 0 Å². The summed E-state index contributed by atoms with van der Waals surface area (Å²) in [6, 6.07) is 3.41. The molecule has 0 aromatic carbocycles. The number of rotatable bonds is 0. The standard InChI is InChI=1S/C15H19N3O3/c1-8-3-4-12(20)18-13(8)14(21)16-15(18)6-9-5-11(19)10(7-15)17(9)2/h3-4,9-11,19H,5-7H2,1-2H3,(H,16,21). The molecule has 2 N–H and O–H groups in total. The summed E-state index contributed by atoms with van der Waals surface area (Å²) in [6.07, 6.45) is 1.55. The largest absolute Gasteiger partial charge is 0.391 e. The van der Waals surface area contributed by atoms with Crippen LogP contribution in [0.15, 0.2) is 16.9 Å². The molecule has 0 radical (unpaired) electrons. The average molecular weight is 289 g/mol. The zero-order chi connectivity index (χ0) is 14.9. The van der Waals surface area contributed by atoms with Crippen LogP contribution in [0.2, 0.25) is 0 Å². The quantitative estimate of drug-likeness (QED) is 0.692. The van der Waals surface area contributed by atoms with E-state index in [2.05, 4.69) is 10.2 Å². The van der Waals surface area contributed by atoms with E-state index in [-0.39, 0.29) is 29.7 Å². The summed E-state index contributed by atoms with van der Waals surface area (Å²) in [5.74, 6) is -0.177. The van der Waals surface area contributed by atoms with E-state index >= 15 is 0 Å². The Morgan fingerprint density at radius 2 is 2.10 bits per heavy atom. The van der Waals surface area contributed by atoms with Crippen LogP contribution in [0.25, 0.3) is 0 Å². The third-order valence-corrected chi connectivity index (χ3v) is 5.46. The van der Waals surface area contributed by atoms with Crippen molar-refractivity contribution in [2.24, 2.45) is 0 Å². The number of carbonyl (C=O) groups excluding carboxylic acids is 1. The maximum atomic E-state index is 12.4. The monoisotopic (exact) mass is 289 g/mol. The number of amides is 1. The summed E-state index contributed by atoms with van der Waals surface area (Å²) < 4.78 is 1.63. The van der Waals surface area contributed by atoms with Crippen molar-refractivity contribution in [1.29, 1.82) is 0 Å². The second kappa shape index (κ2) is 3.96. The molecule has 6 heteroatoms. The Morgan fingerprint density at radius 1 is 1.33 bits per heavy atom. The molecule has 4 rings (SSSR count). The van der Waals surface area contributed by atoms with Gasteiger partial charge in [-0.15, -0.1) is 0 Å². The number of hydrogen-bond acceptors (Lipinski definition) is 4. The van der Waals surface area contributed by atoms with Gasteiger partial charge in [0, 0.05) is 31.0 Å². The number of nitrogens with one attached hydrogen (secondary N) is 1. The van der Waals surface area contributed by atoms with Crippen molar-refractivity contribution in [2.45, 2.75) is 50.0 Å². The Morgan fingerprint density at radius 3 is 2.81 bits per heavy atom. The van der Waals surface area contributed by atoms with Gasteiger partial charge in [-0.2, -0.15) is 0 Å². The molecule has 0 saturated carbocycles. The molecule has 21 heavy (non-hydrogen) atoms. The van der Waals surface area contributed by atoms with E-state index in [9.17, 15) is 14.7 Å². The van der Waals surface area contributed by atoms with Crippen LogP contribution >= 0.6 is 0 Å². The number of nitrogens with zero attached hydrogens (tertiary/aromatic N) is 2. The van der Waals surface area contributed by atoms with Gasteiger partial charge in [-0.25, -0.2) is 0 Å². The molecular formula is C15H19N3O3. The number of piperidine rings is 1. The van der Waals surface area contributed by atoms with Gasteiger partial charge in [-0.05, 0) is 26.0 Å². The first-order chi connectivity index (χ1) is 9.93. The van der Waals surface area contributed by atoms with E-state index in [1.54, 1.807) is 10.6 Å². The number of aliphatic hydroxyl groups is 1. The minimum absolute atomic E-state index is 0.0117. The SMILES string of the molecule is Cc1ccc(=O)n2c1C(=O)NC21CC2CC(O)C(C1)N2C. The molecule has 1 spiro atoms. The highest BCUT2D eigenvalue weighted by atomic mass is 16.3. The summed E-state index contributed by atoms with van der Waals surface area (Å²) in [5, 5.41) is 13.3. The van der Waals surface area contributed by atoms with E-state index in [0.29, 0.717) is 25.0 Å². The van der Waals surface area contributed by atoms with Crippen molar-refractivity contribution in [2.75, 3.05) is 7.05 Å². The molecule has 112 valence electrons. The molecule has 3 aliphatic rings. The Labute approximate surface area is 122 Å². The Balaban J connectivity index is 1.89. The van der Waals surface area contributed by atoms with Gasteiger partial charge in [0.1, 0.15) is 11.4 Å². The van der Waals surface area contributed by atoms with Crippen molar-refractivity contribution >= 4 is 5.91 Å². The fourth-order valence-electron chi connectivity index (χ4n) is 4.42. The first-order valence-electron chi connectivity index (χ1n) is 7.38. The maximum Gasteiger partial charge on any atom is 0.270 e. The molecule has 6 nitrogen and oxygen atoms in total. The van der Waals surface area contributed by atoms with Crippen LogP contribution in [-0.4, -0.2) is 45.7 Å². The molecule has 4 atom stereocenters. The second-order valence-electron chi connectivity index (χ2n) is 6.62. The molecule has 2 fully saturated rings. The topological polar surface area (TPSA) is 74.6 Å².